The molecule has 0 aliphatic heterocycles. The number of amides is 1. The Balaban J connectivity index is 2.53. The minimum absolute atomic E-state index is 0.00349. The summed E-state index contributed by atoms with van der Waals surface area (Å²) in [6, 6.07) is 7.10. The number of carbonyl (C=O) groups excluding carboxylic acids is 2. The van der Waals surface area contributed by atoms with Crippen molar-refractivity contribution < 1.29 is 9.59 Å². The number of Topliss-reactive ketones (excluding diaryl/α,β-unsaturated/α-hetero) is 1. The molecule has 0 radical (unpaired) electrons. The third-order valence-corrected chi connectivity index (χ3v) is 2.40. The van der Waals surface area contributed by atoms with Gasteiger partial charge in [0.25, 0.3) is 0 Å². The van der Waals surface area contributed by atoms with Crippen LogP contribution in [0.4, 0.5) is 0 Å². The van der Waals surface area contributed by atoms with E-state index in [9.17, 15) is 9.59 Å². The molecular weight excluding hydrogens is 226 g/mol. The van der Waals surface area contributed by atoms with Gasteiger partial charge in [-0.2, -0.15) is 0 Å². The van der Waals surface area contributed by atoms with E-state index in [0.29, 0.717) is 12.1 Å². The third-order valence-electron chi connectivity index (χ3n) is 2.40. The highest BCUT2D eigenvalue weighted by atomic mass is 16.1. The molecule has 0 spiro atoms. The summed E-state index contributed by atoms with van der Waals surface area (Å²) < 4.78 is 0. The molecule has 0 atom stereocenters. The molecule has 1 rings (SSSR count). The van der Waals surface area contributed by atoms with Crippen LogP contribution in [0.1, 0.15) is 36.7 Å². The quantitative estimate of drug-likeness (QED) is 0.652. The van der Waals surface area contributed by atoms with Crippen LogP contribution in [0.15, 0.2) is 24.3 Å². The number of benzene rings is 1. The summed E-state index contributed by atoms with van der Waals surface area (Å²) in [5.74, 6) is 5.81. The standard InChI is InChI=1S/C15H17NO2/c1-11(2)15(18)16-10-4-5-13-6-8-14(9-7-13)12(3)17/h6-9,11H,10H2,1-3H3,(H,16,18). The van der Waals surface area contributed by atoms with Crippen LogP contribution >= 0.6 is 0 Å². The van der Waals surface area contributed by atoms with Crippen LogP contribution in [0.5, 0.6) is 0 Å². The number of nitrogens with one attached hydrogen (secondary N) is 1. The van der Waals surface area contributed by atoms with Crippen molar-refractivity contribution in [1.29, 1.82) is 0 Å². The van der Waals surface area contributed by atoms with Crippen molar-refractivity contribution in [1.82, 2.24) is 5.32 Å². The maximum atomic E-state index is 11.3. The zero-order valence-corrected chi connectivity index (χ0v) is 10.9. The van der Waals surface area contributed by atoms with Gasteiger partial charge in [0, 0.05) is 17.0 Å². The van der Waals surface area contributed by atoms with E-state index in [4.69, 9.17) is 0 Å². The fourth-order valence-electron chi connectivity index (χ4n) is 1.27. The van der Waals surface area contributed by atoms with Gasteiger partial charge in [0.05, 0.1) is 6.54 Å². The van der Waals surface area contributed by atoms with Crippen molar-refractivity contribution in [3.63, 3.8) is 0 Å². The molecule has 18 heavy (non-hydrogen) atoms. The van der Waals surface area contributed by atoms with E-state index >= 15 is 0 Å². The molecule has 3 nitrogen and oxygen atoms in total. The average Bonchev–Trinajstić information content (AvgIpc) is 2.34. The molecule has 0 unspecified atom stereocenters. The topological polar surface area (TPSA) is 46.2 Å². The highest BCUT2D eigenvalue weighted by molar-refractivity contribution is 5.94. The minimum atomic E-state index is -0.0262. The monoisotopic (exact) mass is 243 g/mol. The second kappa shape index (κ2) is 6.61. The van der Waals surface area contributed by atoms with Crippen LogP contribution in [-0.4, -0.2) is 18.2 Å². The molecule has 0 saturated heterocycles. The lowest BCUT2D eigenvalue weighted by Crippen LogP contribution is -2.27. The molecule has 1 aromatic rings. The van der Waals surface area contributed by atoms with Gasteiger partial charge in [-0.05, 0) is 19.1 Å². The van der Waals surface area contributed by atoms with Gasteiger partial charge in [0.2, 0.25) is 5.91 Å². The predicted molar refractivity (Wildman–Crippen MR) is 71.2 cm³/mol. The van der Waals surface area contributed by atoms with Crippen molar-refractivity contribution in [2.24, 2.45) is 5.92 Å². The number of ketones is 1. The minimum Gasteiger partial charge on any atom is -0.345 e. The Hall–Kier alpha value is -2.08. The van der Waals surface area contributed by atoms with Gasteiger partial charge >= 0.3 is 0 Å². The van der Waals surface area contributed by atoms with Gasteiger partial charge in [0.15, 0.2) is 5.78 Å². The van der Waals surface area contributed by atoms with Crippen LogP contribution in [0.25, 0.3) is 0 Å². The van der Waals surface area contributed by atoms with Crippen molar-refractivity contribution >= 4 is 11.7 Å². The van der Waals surface area contributed by atoms with Gasteiger partial charge < -0.3 is 5.32 Å². The Kier molecular flexibility index (Phi) is 5.13. The molecule has 0 aliphatic rings. The fraction of sp³-hybridized carbons (Fsp3) is 0.333. The molecule has 1 amide bonds. The lowest BCUT2D eigenvalue weighted by Gasteiger charge is -2.02. The summed E-state index contributed by atoms with van der Waals surface area (Å²) in [4.78, 5) is 22.3. The average molecular weight is 243 g/mol. The highest BCUT2D eigenvalue weighted by Gasteiger charge is 2.03. The van der Waals surface area contributed by atoms with E-state index in [0.717, 1.165) is 5.56 Å². The SMILES string of the molecule is CC(=O)c1ccc(C#CCNC(=O)C(C)C)cc1. The largest absolute Gasteiger partial charge is 0.345 e. The first kappa shape index (κ1) is 14.0. The maximum absolute atomic E-state index is 11.3. The number of hydrogen-bond donors (Lipinski definition) is 1. The Morgan fingerprint density at radius 1 is 1.22 bits per heavy atom. The van der Waals surface area contributed by atoms with Gasteiger partial charge in [-0.15, -0.1) is 0 Å². The van der Waals surface area contributed by atoms with Gasteiger partial charge in [-0.3, -0.25) is 9.59 Å². The molecule has 0 aromatic heterocycles. The molecule has 0 saturated carbocycles. The lowest BCUT2D eigenvalue weighted by molar-refractivity contribution is -0.123. The van der Waals surface area contributed by atoms with E-state index < -0.39 is 0 Å². The van der Waals surface area contributed by atoms with Crippen LogP contribution in [0, 0.1) is 17.8 Å². The fourth-order valence-corrected chi connectivity index (χ4v) is 1.27. The van der Waals surface area contributed by atoms with E-state index in [2.05, 4.69) is 17.2 Å². The maximum Gasteiger partial charge on any atom is 0.223 e. The smallest absolute Gasteiger partial charge is 0.223 e. The number of carbonyl (C=O) groups is 2. The first-order valence-electron chi connectivity index (χ1n) is 5.88. The summed E-state index contributed by atoms with van der Waals surface area (Å²) in [5.41, 5.74) is 1.51. The van der Waals surface area contributed by atoms with Gasteiger partial charge in [0.1, 0.15) is 0 Å². The van der Waals surface area contributed by atoms with Gasteiger partial charge in [-0.25, -0.2) is 0 Å². The molecule has 3 heteroatoms. The Morgan fingerprint density at radius 3 is 2.33 bits per heavy atom. The zero-order valence-electron chi connectivity index (χ0n) is 10.9. The molecule has 0 heterocycles. The first-order chi connectivity index (χ1) is 8.50. The van der Waals surface area contributed by atoms with E-state index in [-0.39, 0.29) is 17.6 Å². The van der Waals surface area contributed by atoms with Crippen molar-refractivity contribution in [2.75, 3.05) is 6.54 Å². The second-order valence-corrected chi connectivity index (χ2v) is 4.31. The van der Waals surface area contributed by atoms with E-state index in [1.165, 1.54) is 6.92 Å². The Morgan fingerprint density at radius 2 is 1.83 bits per heavy atom. The van der Waals surface area contributed by atoms with Crippen LogP contribution in [0.2, 0.25) is 0 Å². The summed E-state index contributed by atoms with van der Waals surface area (Å²) >= 11 is 0. The second-order valence-electron chi connectivity index (χ2n) is 4.31. The van der Waals surface area contributed by atoms with Crippen LogP contribution in [0.3, 0.4) is 0 Å². The molecule has 1 aromatic carbocycles. The molecule has 0 fully saturated rings. The Labute approximate surface area is 108 Å². The molecule has 0 bridgehead atoms. The molecular formula is C15H17NO2. The van der Waals surface area contributed by atoms with E-state index in [1.807, 2.05) is 13.8 Å². The van der Waals surface area contributed by atoms with Gasteiger partial charge in [-0.1, -0.05) is 37.8 Å². The summed E-state index contributed by atoms with van der Waals surface area (Å²) in [6.07, 6.45) is 0. The predicted octanol–water partition coefficient (Wildman–Crippen LogP) is 2.01. The first-order valence-corrected chi connectivity index (χ1v) is 5.88. The van der Waals surface area contributed by atoms with Crippen LogP contribution in [-0.2, 0) is 4.79 Å². The normalized spacial score (nSPS) is 9.56. The summed E-state index contributed by atoms with van der Waals surface area (Å²) in [6.45, 7) is 5.54. The molecule has 0 aliphatic carbocycles. The van der Waals surface area contributed by atoms with Crippen molar-refractivity contribution in [3.05, 3.63) is 35.4 Å². The summed E-state index contributed by atoms with van der Waals surface area (Å²) in [7, 11) is 0. The third kappa shape index (κ3) is 4.42. The lowest BCUT2D eigenvalue weighted by atomic mass is 10.1. The molecule has 94 valence electrons. The number of rotatable bonds is 3. The zero-order chi connectivity index (χ0) is 13.5. The van der Waals surface area contributed by atoms with Crippen molar-refractivity contribution in [2.45, 2.75) is 20.8 Å². The summed E-state index contributed by atoms with van der Waals surface area (Å²) in [5, 5.41) is 2.72. The highest BCUT2D eigenvalue weighted by Crippen LogP contribution is 2.03. The molecule has 1 N–H and O–H groups in total. The van der Waals surface area contributed by atoms with Crippen LogP contribution < -0.4 is 5.32 Å². The van der Waals surface area contributed by atoms with Crippen molar-refractivity contribution in [3.8, 4) is 11.8 Å². The van der Waals surface area contributed by atoms with E-state index in [1.54, 1.807) is 24.3 Å². The Bertz CT molecular complexity index is 489. The number of hydrogen-bond acceptors (Lipinski definition) is 2.